The molecule has 0 saturated carbocycles. The molecule has 1 unspecified atom stereocenters. The minimum absolute atomic E-state index is 0.342. The molecule has 3 rings (SSSR count). The Morgan fingerprint density at radius 2 is 1.95 bits per heavy atom. The fraction of sp³-hybridized carbons (Fsp3) is 0.571. The molecule has 1 aromatic carbocycles. The first-order valence-corrected chi connectivity index (χ1v) is 8.31. The van der Waals surface area contributed by atoms with Gasteiger partial charge in [0.2, 0.25) is 10.0 Å². The van der Waals surface area contributed by atoms with E-state index in [2.05, 4.69) is 5.32 Å². The van der Waals surface area contributed by atoms with Crippen LogP contribution >= 0.6 is 0 Å². The fourth-order valence-electron chi connectivity index (χ4n) is 3.06. The van der Waals surface area contributed by atoms with Crippen molar-refractivity contribution < 1.29 is 8.42 Å². The van der Waals surface area contributed by atoms with Crippen LogP contribution in [0.4, 0.5) is 0 Å². The second kappa shape index (κ2) is 4.89. The zero-order valence-corrected chi connectivity index (χ0v) is 12.0. The first-order chi connectivity index (χ1) is 9.07. The Hall–Kier alpha value is -0.910. The third-order valence-electron chi connectivity index (χ3n) is 4.22. The zero-order valence-electron chi connectivity index (χ0n) is 11.2. The Labute approximate surface area is 114 Å². The van der Waals surface area contributed by atoms with Crippen molar-refractivity contribution in [2.24, 2.45) is 5.92 Å². The SMILES string of the molecule is Cc1ccc(S(=O)(=O)N2CC3CCCN[C@H]3C2)cc1. The molecular weight excluding hydrogens is 260 g/mol. The van der Waals surface area contributed by atoms with Gasteiger partial charge in [0.25, 0.3) is 0 Å². The molecule has 0 aliphatic carbocycles. The maximum atomic E-state index is 12.6. The summed E-state index contributed by atoms with van der Waals surface area (Å²) in [6.45, 7) is 4.25. The Bertz CT molecular complexity index is 539. The van der Waals surface area contributed by atoms with Gasteiger partial charge in [0.15, 0.2) is 0 Å². The monoisotopic (exact) mass is 280 g/mol. The molecule has 0 aromatic heterocycles. The molecule has 19 heavy (non-hydrogen) atoms. The standard InChI is InChI=1S/C14H20N2O2S/c1-11-4-6-13(7-5-11)19(17,18)16-9-12-3-2-8-15-14(12)10-16/h4-7,12,14-15H,2-3,8-10H2,1H3/t12?,14-/m0/s1. The van der Waals surface area contributed by atoms with Gasteiger partial charge >= 0.3 is 0 Å². The van der Waals surface area contributed by atoms with Gasteiger partial charge in [-0.15, -0.1) is 0 Å². The summed E-state index contributed by atoms with van der Waals surface area (Å²) in [6, 6.07) is 7.47. The van der Waals surface area contributed by atoms with Crippen LogP contribution in [-0.4, -0.2) is 38.4 Å². The Kier molecular flexibility index (Phi) is 3.37. The molecule has 0 spiro atoms. The van der Waals surface area contributed by atoms with Crippen LogP contribution in [0.3, 0.4) is 0 Å². The van der Waals surface area contributed by atoms with Gasteiger partial charge in [0, 0.05) is 19.1 Å². The number of sulfonamides is 1. The summed E-state index contributed by atoms with van der Waals surface area (Å²) in [5, 5.41) is 3.44. The first-order valence-electron chi connectivity index (χ1n) is 6.87. The van der Waals surface area contributed by atoms with Crippen LogP contribution in [0.2, 0.25) is 0 Å². The number of rotatable bonds is 2. The molecule has 1 N–H and O–H groups in total. The molecule has 5 heteroatoms. The van der Waals surface area contributed by atoms with Crippen molar-refractivity contribution in [3.8, 4) is 0 Å². The highest BCUT2D eigenvalue weighted by Gasteiger charge is 2.39. The molecule has 2 heterocycles. The highest BCUT2D eigenvalue weighted by Crippen LogP contribution is 2.29. The van der Waals surface area contributed by atoms with Crippen LogP contribution in [0.25, 0.3) is 0 Å². The van der Waals surface area contributed by atoms with Crippen LogP contribution in [0, 0.1) is 12.8 Å². The number of benzene rings is 1. The maximum absolute atomic E-state index is 12.6. The van der Waals surface area contributed by atoms with Gasteiger partial charge in [0.1, 0.15) is 0 Å². The Balaban J connectivity index is 1.83. The molecule has 0 bridgehead atoms. The average molecular weight is 280 g/mol. The Morgan fingerprint density at radius 3 is 2.63 bits per heavy atom. The van der Waals surface area contributed by atoms with Crippen LogP contribution < -0.4 is 5.32 Å². The number of hydrogen-bond acceptors (Lipinski definition) is 3. The number of aryl methyl sites for hydroxylation is 1. The minimum atomic E-state index is -3.32. The smallest absolute Gasteiger partial charge is 0.243 e. The van der Waals surface area contributed by atoms with E-state index in [0.29, 0.717) is 29.9 Å². The first kappa shape index (κ1) is 13.1. The minimum Gasteiger partial charge on any atom is -0.312 e. The van der Waals surface area contributed by atoms with E-state index < -0.39 is 10.0 Å². The zero-order chi connectivity index (χ0) is 13.5. The Morgan fingerprint density at radius 1 is 1.21 bits per heavy atom. The summed E-state index contributed by atoms with van der Waals surface area (Å²) < 4.78 is 26.8. The van der Waals surface area contributed by atoms with E-state index in [1.807, 2.05) is 19.1 Å². The molecule has 2 fully saturated rings. The van der Waals surface area contributed by atoms with Gasteiger partial charge in [0.05, 0.1) is 4.90 Å². The van der Waals surface area contributed by atoms with Crippen molar-refractivity contribution in [3.05, 3.63) is 29.8 Å². The van der Waals surface area contributed by atoms with Gasteiger partial charge in [-0.25, -0.2) is 8.42 Å². The lowest BCUT2D eigenvalue weighted by Crippen LogP contribution is -2.41. The lowest BCUT2D eigenvalue weighted by atomic mass is 9.94. The van der Waals surface area contributed by atoms with Crippen LogP contribution in [0.5, 0.6) is 0 Å². The van der Waals surface area contributed by atoms with Gasteiger partial charge in [-0.3, -0.25) is 0 Å². The lowest BCUT2D eigenvalue weighted by Gasteiger charge is -2.24. The molecule has 0 radical (unpaired) electrons. The summed E-state index contributed by atoms with van der Waals surface area (Å²) in [5.74, 6) is 0.481. The molecular formula is C14H20N2O2S. The summed E-state index contributed by atoms with van der Waals surface area (Å²) in [7, 11) is -3.32. The van der Waals surface area contributed by atoms with E-state index >= 15 is 0 Å². The molecule has 2 saturated heterocycles. The van der Waals surface area contributed by atoms with Gasteiger partial charge in [-0.2, -0.15) is 4.31 Å². The third-order valence-corrected chi connectivity index (χ3v) is 6.07. The van der Waals surface area contributed by atoms with E-state index in [-0.39, 0.29) is 0 Å². The summed E-state index contributed by atoms with van der Waals surface area (Å²) in [6.07, 6.45) is 2.29. The van der Waals surface area contributed by atoms with Crippen molar-refractivity contribution in [1.82, 2.24) is 9.62 Å². The largest absolute Gasteiger partial charge is 0.312 e. The quantitative estimate of drug-likeness (QED) is 0.890. The molecule has 2 aliphatic heterocycles. The molecule has 4 nitrogen and oxygen atoms in total. The predicted molar refractivity (Wildman–Crippen MR) is 74.5 cm³/mol. The summed E-state index contributed by atoms with van der Waals surface area (Å²) >= 11 is 0. The fourth-order valence-corrected chi connectivity index (χ4v) is 4.59. The van der Waals surface area contributed by atoms with Crippen molar-refractivity contribution >= 4 is 10.0 Å². The lowest BCUT2D eigenvalue weighted by molar-refractivity contribution is 0.339. The number of nitrogens with one attached hydrogen (secondary N) is 1. The van der Waals surface area contributed by atoms with E-state index in [9.17, 15) is 8.42 Å². The predicted octanol–water partition coefficient (Wildman–Crippen LogP) is 1.37. The van der Waals surface area contributed by atoms with Crippen molar-refractivity contribution in [1.29, 1.82) is 0 Å². The topological polar surface area (TPSA) is 49.4 Å². The number of nitrogens with zero attached hydrogens (tertiary/aromatic N) is 1. The number of hydrogen-bond donors (Lipinski definition) is 1. The normalized spacial score (nSPS) is 28.3. The van der Waals surface area contributed by atoms with Crippen LogP contribution in [-0.2, 0) is 10.0 Å². The van der Waals surface area contributed by atoms with Gasteiger partial charge in [-0.05, 0) is 44.4 Å². The second-order valence-electron chi connectivity index (χ2n) is 5.60. The summed E-state index contributed by atoms with van der Waals surface area (Å²) in [4.78, 5) is 0.414. The van der Waals surface area contributed by atoms with Gasteiger partial charge in [-0.1, -0.05) is 17.7 Å². The van der Waals surface area contributed by atoms with E-state index in [0.717, 1.165) is 24.9 Å². The number of piperidine rings is 1. The molecule has 1 aromatic rings. The molecule has 2 atom stereocenters. The van der Waals surface area contributed by atoms with E-state index in [1.165, 1.54) is 0 Å². The van der Waals surface area contributed by atoms with Crippen LogP contribution in [0.15, 0.2) is 29.2 Å². The second-order valence-corrected chi connectivity index (χ2v) is 7.54. The average Bonchev–Trinajstić information content (AvgIpc) is 2.83. The molecule has 104 valence electrons. The highest BCUT2D eigenvalue weighted by molar-refractivity contribution is 7.89. The third kappa shape index (κ3) is 2.42. The number of fused-ring (bicyclic) bond motifs is 1. The highest BCUT2D eigenvalue weighted by atomic mass is 32.2. The van der Waals surface area contributed by atoms with Gasteiger partial charge < -0.3 is 5.32 Å². The molecule has 0 amide bonds. The van der Waals surface area contributed by atoms with Crippen molar-refractivity contribution in [3.63, 3.8) is 0 Å². The van der Waals surface area contributed by atoms with Crippen molar-refractivity contribution in [2.45, 2.75) is 30.7 Å². The summed E-state index contributed by atoms with van der Waals surface area (Å²) in [5.41, 5.74) is 1.08. The van der Waals surface area contributed by atoms with E-state index in [1.54, 1.807) is 16.4 Å². The maximum Gasteiger partial charge on any atom is 0.243 e. The van der Waals surface area contributed by atoms with Crippen LogP contribution in [0.1, 0.15) is 18.4 Å². The van der Waals surface area contributed by atoms with E-state index in [4.69, 9.17) is 0 Å². The van der Waals surface area contributed by atoms with Crippen molar-refractivity contribution in [2.75, 3.05) is 19.6 Å². The molecule has 2 aliphatic rings.